The predicted molar refractivity (Wildman–Crippen MR) is 147 cm³/mol. The largest absolute Gasteiger partial charge is 0.324 e. The summed E-state index contributed by atoms with van der Waals surface area (Å²) < 4.78 is 1.54. The SMILES string of the molecule is Cc1ccc(-c2nc3c(c(=O)n2CC(=O)Nc2ccc(C)cc2C)CCN(Cc2ccccc2)C3)cc1. The summed E-state index contributed by atoms with van der Waals surface area (Å²) in [5.74, 6) is 0.284. The molecule has 2 heterocycles. The van der Waals surface area contributed by atoms with Crippen LogP contribution in [0.2, 0.25) is 0 Å². The van der Waals surface area contributed by atoms with Crippen molar-refractivity contribution in [1.82, 2.24) is 14.5 Å². The van der Waals surface area contributed by atoms with Crippen LogP contribution >= 0.6 is 0 Å². The molecule has 37 heavy (non-hydrogen) atoms. The lowest BCUT2D eigenvalue weighted by molar-refractivity contribution is -0.116. The first-order chi connectivity index (χ1) is 17.9. The minimum Gasteiger partial charge on any atom is -0.324 e. The molecule has 0 fully saturated rings. The molecule has 6 heteroatoms. The van der Waals surface area contributed by atoms with Crippen molar-refractivity contribution < 1.29 is 4.79 Å². The zero-order chi connectivity index (χ0) is 25.9. The van der Waals surface area contributed by atoms with Gasteiger partial charge in [-0.1, -0.05) is 77.9 Å². The summed E-state index contributed by atoms with van der Waals surface area (Å²) in [4.78, 5) is 34.2. The van der Waals surface area contributed by atoms with Gasteiger partial charge in [0.1, 0.15) is 12.4 Å². The van der Waals surface area contributed by atoms with E-state index >= 15 is 0 Å². The van der Waals surface area contributed by atoms with Crippen molar-refractivity contribution in [3.05, 3.63) is 117 Å². The van der Waals surface area contributed by atoms with Gasteiger partial charge >= 0.3 is 0 Å². The zero-order valence-electron chi connectivity index (χ0n) is 21.6. The van der Waals surface area contributed by atoms with Crippen LogP contribution in [-0.4, -0.2) is 26.9 Å². The molecule has 0 atom stereocenters. The summed E-state index contributed by atoms with van der Waals surface area (Å²) in [6.07, 6.45) is 0.612. The zero-order valence-corrected chi connectivity index (χ0v) is 21.6. The van der Waals surface area contributed by atoms with Gasteiger partial charge in [-0.3, -0.25) is 19.1 Å². The van der Waals surface area contributed by atoms with Crippen LogP contribution in [0.1, 0.15) is 33.5 Å². The molecule has 188 valence electrons. The number of carbonyl (C=O) groups is 1. The molecule has 6 nitrogen and oxygen atoms in total. The molecule has 4 aromatic rings. The number of hydrogen-bond acceptors (Lipinski definition) is 4. The first kappa shape index (κ1) is 24.7. The van der Waals surface area contributed by atoms with E-state index in [0.717, 1.165) is 46.7 Å². The Kier molecular flexibility index (Phi) is 7.01. The molecule has 1 aromatic heterocycles. The molecule has 0 unspecified atom stereocenters. The van der Waals surface area contributed by atoms with Gasteiger partial charge in [-0.15, -0.1) is 0 Å². The van der Waals surface area contributed by atoms with E-state index in [1.807, 2.05) is 81.4 Å². The molecule has 0 saturated heterocycles. The number of carbonyl (C=O) groups excluding carboxylic acids is 1. The van der Waals surface area contributed by atoms with Crippen molar-refractivity contribution in [2.45, 2.75) is 46.8 Å². The number of aryl methyl sites for hydroxylation is 3. The second kappa shape index (κ2) is 10.5. The second-order valence-corrected chi connectivity index (χ2v) is 9.93. The maximum Gasteiger partial charge on any atom is 0.257 e. The van der Waals surface area contributed by atoms with Gasteiger partial charge in [0.25, 0.3) is 5.56 Å². The van der Waals surface area contributed by atoms with Gasteiger partial charge in [-0.25, -0.2) is 4.98 Å². The maximum absolute atomic E-state index is 13.8. The Hall–Kier alpha value is -4.03. The minimum atomic E-state index is -0.245. The average Bonchev–Trinajstić information content (AvgIpc) is 2.88. The van der Waals surface area contributed by atoms with Gasteiger partial charge in [0.15, 0.2) is 0 Å². The van der Waals surface area contributed by atoms with Crippen LogP contribution in [0, 0.1) is 20.8 Å². The standard InChI is InChI=1S/C31H32N4O2/c1-21-9-12-25(13-10-21)30-33-28-19-34(18-24-7-5-4-6-8-24)16-15-26(28)31(37)35(30)20-29(36)32-27-14-11-22(2)17-23(27)3/h4-14,17H,15-16,18-20H2,1-3H3,(H,32,36). The number of fused-ring (bicyclic) bond motifs is 1. The lowest BCUT2D eigenvalue weighted by Gasteiger charge is -2.29. The molecular formula is C31H32N4O2. The number of rotatable bonds is 6. The van der Waals surface area contributed by atoms with Crippen LogP contribution in [0.3, 0.4) is 0 Å². The predicted octanol–water partition coefficient (Wildman–Crippen LogP) is 5.03. The summed E-state index contributed by atoms with van der Waals surface area (Å²) in [5, 5.41) is 2.98. The summed E-state index contributed by atoms with van der Waals surface area (Å²) in [6.45, 7) is 8.11. The van der Waals surface area contributed by atoms with E-state index < -0.39 is 0 Å². The summed E-state index contributed by atoms with van der Waals surface area (Å²) >= 11 is 0. The average molecular weight is 493 g/mol. The molecule has 5 rings (SSSR count). The smallest absolute Gasteiger partial charge is 0.257 e. The van der Waals surface area contributed by atoms with Crippen molar-refractivity contribution in [2.24, 2.45) is 0 Å². The fourth-order valence-corrected chi connectivity index (χ4v) is 4.91. The van der Waals surface area contributed by atoms with Gasteiger partial charge in [-0.2, -0.15) is 0 Å². The summed E-state index contributed by atoms with van der Waals surface area (Å²) in [5.41, 5.74) is 7.44. The van der Waals surface area contributed by atoms with Crippen LogP contribution in [0.5, 0.6) is 0 Å². The van der Waals surface area contributed by atoms with Crippen LogP contribution in [0.4, 0.5) is 5.69 Å². The molecule has 0 radical (unpaired) electrons. The number of aromatic nitrogens is 2. The Morgan fingerprint density at radius 1 is 0.946 bits per heavy atom. The Bertz CT molecular complexity index is 1490. The third-order valence-corrected chi connectivity index (χ3v) is 6.92. The van der Waals surface area contributed by atoms with Gasteiger partial charge in [0.2, 0.25) is 5.91 Å². The number of amides is 1. The number of nitrogens with one attached hydrogen (secondary N) is 1. The van der Waals surface area contributed by atoms with Crippen molar-refractivity contribution in [2.75, 3.05) is 11.9 Å². The first-order valence-corrected chi connectivity index (χ1v) is 12.7. The summed E-state index contributed by atoms with van der Waals surface area (Å²) in [7, 11) is 0. The van der Waals surface area contributed by atoms with Gasteiger partial charge in [0, 0.05) is 36.4 Å². The minimum absolute atomic E-state index is 0.0939. The second-order valence-electron chi connectivity index (χ2n) is 9.93. The van der Waals surface area contributed by atoms with E-state index in [4.69, 9.17) is 4.98 Å². The van der Waals surface area contributed by atoms with E-state index in [2.05, 4.69) is 22.3 Å². The van der Waals surface area contributed by atoms with Crippen LogP contribution < -0.4 is 10.9 Å². The molecule has 1 N–H and O–H groups in total. The Morgan fingerprint density at radius 2 is 1.68 bits per heavy atom. The van der Waals surface area contributed by atoms with E-state index in [9.17, 15) is 9.59 Å². The third kappa shape index (κ3) is 5.54. The number of nitrogens with zero attached hydrogens (tertiary/aromatic N) is 3. The molecular weight excluding hydrogens is 460 g/mol. The number of hydrogen-bond donors (Lipinski definition) is 1. The molecule has 0 bridgehead atoms. The normalized spacial score (nSPS) is 13.3. The fraction of sp³-hybridized carbons (Fsp3) is 0.258. The van der Waals surface area contributed by atoms with Crippen LogP contribution in [0.15, 0.2) is 77.6 Å². The molecule has 1 aliphatic rings. The fourth-order valence-electron chi connectivity index (χ4n) is 4.91. The highest BCUT2D eigenvalue weighted by Gasteiger charge is 2.25. The molecule has 0 saturated carbocycles. The van der Waals surface area contributed by atoms with E-state index in [-0.39, 0.29) is 18.0 Å². The maximum atomic E-state index is 13.8. The van der Waals surface area contributed by atoms with Crippen molar-refractivity contribution in [3.8, 4) is 11.4 Å². The molecule has 0 spiro atoms. The highest BCUT2D eigenvalue weighted by atomic mass is 16.2. The number of benzene rings is 3. The molecule has 3 aromatic carbocycles. The highest BCUT2D eigenvalue weighted by Crippen LogP contribution is 2.23. The van der Waals surface area contributed by atoms with Crippen molar-refractivity contribution in [1.29, 1.82) is 0 Å². The Balaban J connectivity index is 1.48. The monoisotopic (exact) mass is 492 g/mol. The lowest BCUT2D eigenvalue weighted by atomic mass is 10.0. The van der Waals surface area contributed by atoms with Gasteiger partial charge < -0.3 is 5.32 Å². The molecule has 1 aliphatic heterocycles. The summed E-state index contributed by atoms with van der Waals surface area (Å²) in [6, 6.07) is 24.2. The first-order valence-electron chi connectivity index (χ1n) is 12.7. The van der Waals surface area contributed by atoms with Crippen LogP contribution in [-0.2, 0) is 30.8 Å². The third-order valence-electron chi connectivity index (χ3n) is 6.92. The van der Waals surface area contributed by atoms with Gasteiger partial charge in [0.05, 0.1) is 5.69 Å². The Morgan fingerprint density at radius 3 is 2.41 bits per heavy atom. The van der Waals surface area contributed by atoms with E-state index in [1.165, 1.54) is 10.1 Å². The molecule has 1 amide bonds. The lowest BCUT2D eigenvalue weighted by Crippen LogP contribution is -2.39. The topological polar surface area (TPSA) is 67.2 Å². The highest BCUT2D eigenvalue weighted by molar-refractivity contribution is 5.91. The quantitative estimate of drug-likeness (QED) is 0.410. The molecule has 0 aliphatic carbocycles. The van der Waals surface area contributed by atoms with E-state index in [0.29, 0.717) is 24.4 Å². The van der Waals surface area contributed by atoms with Crippen molar-refractivity contribution >= 4 is 11.6 Å². The number of anilines is 1. The van der Waals surface area contributed by atoms with E-state index in [1.54, 1.807) is 0 Å². The van der Waals surface area contributed by atoms with Crippen molar-refractivity contribution in [3.63, 3.8) is 0 Å². The van der Waals surface area contributed by atoms with Crippen LogP contribution in [0.25, 0.3) is 11.4 Å². The Labute approximate surface area is 217 Å². The van der Waals surface area contributed by atoms with Gasteiger partial charge in [-0.05, 0) is 44.4 Å².